The van der Waals surface area contributed by atoms with Gasteiger partial charge in [-0.3, -0.25) is 9.59 Å². The third-order valence-corrected chi connectivity index (χ3v) is 4.53. The minimum atomic E-state index is -1.04. The van der Waals surface area contributed by atoms with E-state index < -0.39 is 16.9 Å². The number of aliphatic carboxylic acids is 1. The van der Waals surface area contributed by atoms with Crippen molar-refractivity contribution in [3.05, 3.63) is 0 Å². The van der Waals surface area contributed by atoms with Gasteiger partial charge in [-0.1, -0.05) is 13.8 Å². The van der Waals surface area contributed by atoms with E-state index >= 15 is 0 Å². The van der Waals surface area contributed by atoms with E-state index in [1.54, 1.807) is 0 Å². The van der Waals surface area contributed by atoms with Crippen molar-refractivity contribution in [2.45, 2.75) is 31.9 Å². The monoisotopic (exact) mass is 256 g/mol. The van der Waals surface area contributed by atoms with E-state index in [-0.39, 0.29) is 24.5 Å². The number of carboxylic acids is 1. The first-order valence-corrected chi connectivity index (χ1v) is 6.10. The van der Waals surface area contributed by atoms with Crippen molar-refractivity contribution >= 4 is 11.9 Å². The van der Waals surface area contributed by atoms with Gasteiger partial charge in [0, 0.05) is 25.0 Å². The topological polar surface area (TPSA) is 92.9 Å². The minimum Gasteiger partial charge on any atom is -0.480 e. The highest BCUT2D eigenvalue weighted by molar-refractivity contribution is 5.91. The average molecular weight is 256 g/mol. The Morgan fingerprint density at radius 2 is 2.11 bits per heavy atom. The molecule has 2 rings (SSSR count). The second-order valence-corrected chi connectivity index (χ2v) is 5.83. The fourth-order valence-electron chi connectivity index (χ4n) is 3.41. The van der Waals surface area contributed by atoms with Gasteiger partial charge in [0.1, 0.15) is 12.1 Å². The van der Waals surface area contributed by atoms with E-state index in [0.717, 1.165) is 6.42 Å². The van der Waals surface area contributed by atoms with Crippen molar-refractivity contribution < 1.29 is 19.4 Å². The second kappa shape index (κ2) is 3.93. The summed E-state index contributed by atoms with van der Waals surface area (Å²) in [5.74, 6) is -1.34. The first kappa shape index (κ1) is 13.3. The standard InChI is InChI=1S/C12H20N2O4/c1-11(2)9-7(4-5-18-9)12(11,13)10(17)14(3)6-8(15)16/h7,9H,4-6,13H2,1-3H3,(H,15,16). The van der Waals surface area contributed by atoms with Crippen molar-refractivity contribution in [3.8, 4) is 0 Å². The van der Waals surface area contributed by atoms with E-state index in [9.17, 15) is 9.59 Å². The molecule has 0 aromatic rings. The van der Waals surface area contributed by atoms with Crippen LogP contribution in [0, 0.1) is 11.3 Å². The Morgan fingerprint density at radius 3 is 2.67 bits per heavy atom. The van der Waals surface area contributed by atoms with Crippen molar-refractivity contribution in [2.24, 2.45) is 17.1 Å². The molecule has 0 bridgehead atoms. The second-order valence-electron chi connectivity index (χ2n) is 5.83. The molecule has 2 fully saturated rings. The lowest BCUT2D eigenvalue weighted by Gasteiger charge is -2.61. The van der Waals surface area contributed by atoms with Crippen molar-refractivity contribution in [3.63, 3.8) is 0 Å². The lowest BCUT2D eigenvalue weighted by Crippen LogP contribution is -2.80. The van der Waals surface area contributed by atoms with Crippen LogP contribution in [-0.4, -0.2) is 53.7 Å². The molecule has 2 aliphatic rings. The molecular formula is C12H20N2O4. The van der Waals surface area contributed by atoms with Crippen LogP contribution in [0.15, 0.2) is 0 Å². The normalized spacial score (nSPS) is 36.7. The summed E-state index contributed by atoms with van der Waals surface area (Å²) in [5, 5.41) is 8.75. The molecule has 0 aromatic heterocycles. The lowest BCUT2D eigenvalue weighted by molar-refractivity contribution is -0.184. The molecule has 6 heteroatoms. The zero-order valence-corrected chi connectivity index (χ0v) is 11.0. The predicted molar refractivity (Wildman–Crippen MR) is 63.8 cm³/mol. The molecule has 1 amide bonds. The third-order valence-electron chi connectivity index (χ3n) is 4.53. The van der Waals surface area contributed by atoms with Crippen molar-refractivity contribution in [2.75, 3.05) is 20.2 Å². The number of nitrogens with two attached hydrogens (primary N) is 1. The van der Waals surface area contributed by atoms with Crippen LogP contribution in [0.4, 0.5) is 0 Å². The molecule has 3 unspecified atom stereocenters. The molecule has 1 aliphatic heterocycles. The Bertz CT molecular complexity index is 396. The number of carbonyl (C=O) groups is 2. The molecular weight excluding hydrogens is 236 g/mol. The Balaban J connectivity index is 2.21. The summed E-state index contributed by atoms with van der Waals surface area (Å²) >= 11 is 0. The smallest absolute Gasteiger partial charge is 0.323 e. The van der Waals surface area contributed by atoms with Gasteiger partial charge in [-0.05, 0) is 6.42 Å². The van der Waals surface area contributed by atoms with E-state index in [4.69, 9.17) is 15.6 Å². The molecule has 0 aromatic carbocycles. The largest absolute Gasteiger partial charge is 0.480 e. The van der Waals surface area contributed by atoms with Gasteiger partial charge in [0.15, 0.2) is 0 Å². The minimum absolute atomic E-state index is 0.00348. The number of hydrogen-bond donors (Lipinski definition) is 2. The first-order chi connectivity index (χ1) is 8.23. The molecule has 1 heterocycles. The highest BCUT2D eigenvalue weighted by atomic mass is 16.5. The molecule has 1 saturated heterocycles. The Labute approximate surface area is 106 Å². The maximum Gasteiger partial charge on any atom is 0.323 e. The quantitative estimate of drug-likeness (QED) is 0.721. The molecule has 18 heavy (non-hydrogen) atoms. The van der Waals surface area contributed by atoms with Gasteiger partial charge in [0.05, 0.1) is 6.10 Å². The summed E-state index contributed by atoms with van der Waals surface area (Å²) in [6.07, 6.45) is 0.765. The average Bonchev–Trinajstić information content (AvgIpc) is 2.73. The number of hydrogen-bond acceptors (Lipinski definition) is 4. The van der Waals surface area contributed by atoms with Crippen LogP contribution in [0.1, 0.15) is 20.3 Å². The highest BCUT2D eigenvalue weighted by Crippen LogP contribution is 2.58. The number of ether oxygens (including phenoxy) is 1. The fourth-order valence-corrected chi connectivity index (χ4v) is 3.41. The Morgan fingerprint density at radius 1 is 1.50 bits per heavy atom. The van der Waals surface area contributed by atoms with E-state index in [1.807, 2.05) is 13.8 Å². The highest BCUT2D eigenvalue weighted by Gasteiger charge is 2.71. The molecule has 102 valence electrons. The van der Waals surface area contributed by atoms with Gasteiger partial charge in [-0.25, -0.2) is 0 Å². The zero-order chi connectivity index (χ0) is 13.7. The molecule has 0 spiro atoms. The van der Waals surface area contributed by atoms with E-state index in [1.165, 1.54) is 11.9 Å². The van der Waals surface area contributed by atoms with E-state index in [0.29, 0.717) is 6.61 Å². The lowest BCUT2D eigenvalue weighted by atomic mass is 9.47. The SMILES string of the molecule is CN(CC(=O)O)C(=O)C1(N)C2CCOC2C1(C)C. The number of rotatable bonds is 3. The molecule has 0 radical (unpaired) electrons. The third kappa shape index (κ3) is 1.48. The molecule has 1 saturated carbocycles. The van der Waals surface area contributed by atoms with Gasteiger partial charge in [-0.2, -0.15) is 0 Å². The molecule has 1 aliphatic carbocycles. The Kier molecular flexibility index (Phi) is 2.90. The predicted octanol–water partition coefficient (Wildman–Crippen LogP) is -0.328. The number of nitrogens with zero attached hydrogens (tertiary/aromatic N) is 1. The van der Waals surface area contributed by atoms with Crippen molar-refractivity contribution in [1.82, 2.24) is 4.90 Å². The van der Waals surface area contributed by atoms with Crippen LogP contribution in [0.2, 0.25) is 0 Å². The summed E-state index contributed by atoms with van der Waals surface area (Å²) in [7, 11) is 1.48. The van der Waals surface area contributed by atoms with Crippen LogP contribution < -0.4 is 5.73 Å². The maximum atomic E-state index is 12.4. The van der Waals surface area contributed by atoms with Crippen LogP contribution in [0.3, 0.4) is 0 Å². The summed E-state index contributed by atoms with van der Waals surface area (Å²) in [5.41, 5.74) is 4.85. The van der Waals surface area contributed by atoms with Crippen LogP contribution in [0.25, 0.3) is 0 Å². The number of amides is 1. The number of carboxylic acid groups (broad SMARTS) is 1. The molecule has 3 N–H and O–H groups in total. The molecule has 6 nitrogen and oxygen atoms in total. The van der Waals surface area contributed by atoms with Crippen LogP contribution >= 0.6 is 0 Å². The Hall–Kier alpha value is -1.14. The number of fused-ring (bicyclic) bond motifs is 1. The number of likely N-dealkylation sites (N-methyl/N-ethyl adjacent to an activating group) is 1. The molecule has 3 atom stereocenters. The van der Waals surface area contributed by atoms with Gasteiger partial charge >= 0.3 is 5.97 Å². The summed E-state index contributed by atoms with van der Waals surface area (Å²) in [6, 6.07) is 0. The van der Waals surface area contributed by atoms with Gasteiger partial charge in [0.2, 0.25) is 5.91 Å². The van der Waals surface area contributed by atoms with Gasteiger partial charge in [-0.15, -0.1) is 0 Å². The summed E-state index contributed by atoms with van der Waals surface area (Å²) in [6.45, 7) is 4.11. The summed E-state index contributed by atoms with van der Waals surface area (Å²) < 4.78 is 5.61. The fraction of sp³-hybridized carbons (Fsp3) is 0.833. The van der Waals surface area contributed by atoms with Crippen molar-refractivity contribution in [1.29, 1.82) is 0 Å². The maximum absolute atomic E-state index is 12.4. The van der Waals surface area contributed by atoms with E-state index in [2.05, 4.69) is 0 Å². The van der Waals surface area contributed by atoms with Gasteiger partial charge < -0.3 is 20.5 Å². The zero-order valence-electron chi connectivity index (χ0n) is 11.0. The van der Waals surface area contributed by atoms with Crippen LogP contribution in [0.5, 0.6) is 0 Å². The summed E-state index contributed by atoms with van der Waals surface area (Å²) in [4.78, 5) is 24.3. The van der Waals surface area contributed by atoms with Crippen LogP contribution in [-0.2, 0) is 14.3 Å². The van der Waals surface area contributed by atoms with Gasteiger partial charge in [0.25, 0.3) is 0 Å². The first-order valence-electron chi connectivity index (χ1n) is 6.10. The number of carbonyl (C=O) groups excluding carboxylic acids is 1.